The standard InChI is InChI=1S/C14H19O4P/c1-14(2,3)19(16)17-9-8-12-10-6-4-5-7-11(10)13(15)18-12/h4-7,12,19H,8-9H2,1-3H3. The van der Waals surface area contributed by atoms with Crippen LogP contribution >= 0.6 is 8.03 Å². The third-order valence-corrected chi connectivity index (χ3v) is 4.69. The summed E-state index contributed by atoms with van der Waals surface area (Å²) in [4.78, 5) is 11.6. The zero-order valence-corrected chi connectivity index (χ0v) is 12.4. The molecule has 2 rings (SSSR count). The van der Waals surface area contributed by atoms with Gasteiger partial charge in [0.25, 0.3) is 0 Å². The van der Waals surface area contributed by atoms with Gasteiger partial charge in [0.2, 0.25) is 0 Å². The minimum Gasteiger partial charge on any atom is -0.454 e. The third kappa shape index (κ3) is 3.26. The molecule has 1 aromatic carbocycles. The summed E-state index contributed by atoms with van der Waals surface area (Å²) >= 11 is 0. The summed E-state index contributed by atoms with van der Waals surface area (Å²) in [7, 11) is -2.08. The number of rotatable bonds is 4. The Bertz CT molecular complexity index is 504. The van der Waals surface area contributed by atoms with Crippen LogP contribution in [0.1, 0.15) is 49.2 Å². The van der Waals surface area contributed by atoms with Gasteiger partial charge < -0.3 is 9.26 Å². The van der Waals surface area contributed by atoms with E-state index < -0.39 is 8.03 Å². The van der Waals surface area contributed by atoms with Crippen LogP contribution in [0, 0.1) is 0 Å². The highest BCUT2D eigenvalue weighted by molar-refractivity contribution is 7.41. The first-order chi connectivity index (χ1) is 8.89. The summed E-state index contributed by atoms with van der Waals surface area (Å²) in [6.45, 7) is 6.00. The maximum atomic E-state index is 11.8. The predicted octanol–water partition coefficient (Wildman–Crippen LogP) is 3.58. The van der Waals surface area contributed by atoms with E-state index in [2.05, 4.69) is 0 Å². The molecule has 1 heterocycles. The molecule has 0 amide bonds. The molecular weight excluding hydrogens is 263 g/mol. The lowest BCUT2D eigenvalue weighted by atomic mass is 10.0. The summed E-state index contributed by atoms with van der Waals surface area (Å²) in [5.41, 5.74) is 1.52. The number of fused-ring (bicyclic) bond motifs is 1. The van der Waals surface area contributed by atoms with Gasteiger partial charge in [-0.15, -0.1) is 0 Å². The number of carbonyl (C=O) groups excluding carboxylic acids is 1. The summed E-state index contributed by atoms with van der Waals surface area (Å²) in [6, 6.07) is 7.35. The van der Waals surface area contributed by atoms with Gasteiger partial charge in [-0.3, -0.25) is 4.57 Å². The Morgan fingerprint density at radius 3 is 2.68 bits per heavy atom. The fourth-order valence-electron chi connectivity index (χ4n) is 1.91. The number of benzene rings is 1. The Kier molecular flexibility index (Phi) is 4.12. The summed E-state index contributed by atoms with van der Waals surface area (Å²) in [6.07, 6.45) is 0.258. The monoisotopic (exact) mass is 282 g/mol. The molecule has 4 nitrogen and oxygen atoms in total. The normalized spacial score (nSPS) is 19.9. The Hall–Kier alpha value is -1.12. The van der Waals surface area contributed by atoms with Crippen LogP contribution < -0.4 is 0 Å². The van der Waals surface area contributed by atoms with Gasteiger partial charge in [0, 0.05) is 17.1 Å². The molecular formula is C14H19O4P. The predicted molar refractivity (Wildman–Crippen MR) is 73.9 cm³/mol. The highest BCUT2D eigenvalue weighted by Crippen LogP contribution is 2.40. The van der Waals surface area contributed by atoms with Crippen molar-refractivity contribution in [1.82, 2.24) is 0 Å². The molecule has 1 aliphatic heterocycles. The lowest BCUT2D eigenvalue weighted by Gasteiger charge is -2.18. The smallest absolute Gasteiger partial charge is 0.339 e. The average Bonchev–Trinajstić information content (AvgIpc) is 2.66. The second-order valence-electron chi connectivity index (χ2n) is 5.66. The second-order valence-corrected chi connectivity index (χ2v) is 8.02. The molecule has 0 spiro atoms. The highest BCUT2D eigenvalue weighted by atomic mass is 31.1. The molecule has 1 aliphatic rings. The van der Waals surface area contributed by atoms with E-state index in [4.69, 9.17) is 9.26 Å². The SMILES string of the molecule is CC(C)(C)[PH](=O)OCCC1OC(=O)c2ccccc21. The molecule has 0 saturated heterocycles. The van der Waals surface area contributed by atoms with E-state index >= 15 is 0 Å². The molecule has 0 bridgehead atoms. The van der Waals surface area contributed by atoms with E-state index in [1.165, 1.54) is 0 Å². The van der Waals surface area contributed by atoms with Gasteiger partial charge in [-0.2, -0.15) is 0 Å². The number of carbonyl (C=O) groups is 1. The van der Waals surface area contributed by atoms with Gasteiger partial charge in [0.15, 0.2) is 8.03 Å². The number of esters is 1. The largest absolute Gasteiger partial charge is 0.454 e. The zero-order valence-electron chi connectivity index (χ0n) is 11.4. The van der Waals surface area contributed by atoms with Crippen molar-refractivity contribution >= 4 is 14.0 Å². The quantitative estimate of drug-likeness (QED) is 0.625. The molecule has 0 radical (unpaired) electrons. The highest BCUT2D eigenvalue weighted by Gasteiger charge is 2.30. The van der Waals surface area contributed by atoms with Crippen molar-refractivity contribution in [3.8, 4) is 0 Å². The van der Waals surface area contributed by atoms with Crippen molar-refractivity contribution in [2.45, 2.75) is 38.5 Å². The molecule has 0 saturated carbocycles. The van der Waals surface area contributed by atoms with Crippen LogP contribution in [0.3, 0.4) is 0 Å². The van der Waals surface area contributed by atoms with Gasteiger partial charge in [0.05, 0.1) is 12.2 Å². The number of hydrogen-bond acceptors (Lipinski definition) is 4. The fourth-order valence-corrected chi connectivity index (χ4v) is 2.65. The van der Waals surface area contributed by atoms with Crippen LogP contribution in [-0.2, 0) is 13.8 Å². The minimum absolute atomic E-state index is 0.279. The van der Waals surface area contributed by atoms with Crippen molar-refractivity contribution in [2.24, 2.45) is 0 Å². The Balaban J connectivity index is 1.93. The minimum atomic E-state index is -2.08. The first-order valence-corrected chi connectivity index (χ1v) is 7.68. The van der Waals surface area contributed by atoms with Gasteiger partial charge >= 0.3 is 5.97 Å². The topological polar surface area (TPSA) is 52.6 Å². The van der Waals surface area contributed by atoms with E-state index in [1.807, 2.05) is 39.0 Å². The molecule has 1 aromatic rings. The third-order valence-electron chi connectivity index (χ3n) is 3.00. The van der Waals surface area contributed by atoms with Crippen molar-refractivity contribution in [3.05, 3.63) is 35.4 Å². The molecule has 19 heavy (non-hydrogen) atoms. The van der Waals surface area contributed by atoms with Gasteiger partial charge in [0.1, 0.15) is 6.10 Å². The van der Waals surface area contributed by atoms with E-state index in [9.17, 15) is 9.36 Å². The zero-order chi connectivity index (χ0) is 14.0. The molecule has 104 valence electrons. The molecule has 0 N–H and O–H groups in total. The van der Waals surface area contributed by atoms with Crippen LogP contribution in [0.2, 0.25) is 0 Å². The first kappa shape index (κ1) is 14.3. The molecule has 2 atom stereocenters. The number of cyclic esters (lactones) is 1. The van der Waals surface area contributed by atoms with E-state index in [0.29, 0.717) is 18.6 Å². The van der Waals surface area contributed by atoms with Crippen molar-refractivity contribution in [2.75, 3.05) is 6.61 Å². The number of hydrogen-bond donors (Lipinski definition) is 0. The van der Waals surface area contributed by atoms with Crippen molar-refractivity contribution < 1.29 is 18.6 Å². The first-order valence-electron chi connectivity index (χ1n) is 6.37. The van der Waals surface area contributed by atoms with Gasteiger partial charge in [-0.05, 0) is 6.07 Å². The molecule has 2 unspecified atom stereocenters. The van der Waals surface area contributed by atoms with Crippen LogP contribution in [0.5, 0.6) is 0 Å². The van der Waals surface area contributed by atoms with Crippen molar-refractivity contribution in [1.29, 1.82) is 0 Å². The Labute approximate surface area is 114 Å². The number of ether oxygens (including phenoxy) is 1. The lowest BCUT2D eigenvalue weighted by molar-refractivity contribution is 0.0342. The maximum absolute atomic E-state index is 11.8. The van der Waals surface area contributed by atoms with E-state index in [0.717, 1.165) is 5.56 Å². The molecule has 0 fully saturated rings. The lowest BCUT2D eigenvalue weighted by Crippen LogP contribution is -2.10. The molecule has 5 heteroatoms. The van der Waals surface area contributed by atoms with Crippen LogP contribution in [-0.4, -0.2) is 17.7 Å². The van der Waals surface area contributed by atoms with Crippen molar-refractivity contribution in [3.63, 3.8) is 0 Å². The Morgan fingerprint density at radius 2 is 2.00 bits per heavy atom. The van der Waals surface area contributed by atoms with Gasteiger partial charge in [-0.25, -0.2) is 4.79 Å². The average molecular weight is 282 g/mol. The van der Waals surface area contributed by atoms with E-state index in [-0.39, 0.29) is 17.2 Å². The maximum Gasteiger partial charge on any atom is 0.339 e. The second kappa shape index (κ2) is 5.48. The van der Waals surface area contributed by atoms with Crippen LogP contribution in [0.25, 0.3) is 0 Å². The Morgan fingerprint density at radius 1 is 1.32 bits per heavy atom. The van der Waals surface area contributed by atoms with E-state index in [1.54, 1.807) is 6.07 Å². The van der Waals surface area contributed by atoms with Gasteiger partial charge in [-0.1, -0.05) is 39.0 Å². The fraction of sp³-hybridized carbons (Fsp3) is 0.500. The van der Waals surface area contributed by atoms with Crippen LogP contribution in [0.4, 0.5) is 0 Å². The van der Waals surface area contributed by atoms with Crippen LogP contribution in [0.15, 0.2) is 24.3 Å². The summed E-state index contributed by atoms with van der Waals surface area (Å²) in [5, 5.41) is -0.324. The summed E-state index contributed by atoms with van der Waals surface area (Å²) in [5.74, 6) is -0.288. The summed E-state index contributed by atoms with van der Waals surface area (Å²) < 4.78 is 22.5. The molecule has 0 aliphatic carbocycles. The molecule has 0 aromatic heterocycles.